The highest BCUT2D eigenvalue weighted by Crippen LogP contribution is 2.19. The number of aliphatic hydroxyl groups excluding tert-OH is 2. The van der Waals surface area contributed by atoms with Crippen LogP contribution in [0.3, 0.4) is 0 Å². The van der Waals surface area contributed by atoms with E-state index in [0.717, 1.165) is 38.5 Å². The molecule has 0 spiro atoms. The van der Waals surface area contributed by atoms with Gasteiger partial charge >= 0.3 is 5.97 Å². The molecule has 0 aromatic rings. The van der Waals surface area contributed by atoms with Crippen molar-refractivity contribution in [3.05, 3.63) is 0 Å². The number of amides is 1. The predicted octanol–water partition coefficient (Wildman–Crippen LogP) is 16.7. The van der Waals surface area contributed by atoms with Gasteiger partial charge in [0, 0.05) is 6.42 Å². The molecular weight excluding hydrogens is 755 g/mol. The second-order valence-corrected chi connectivity index (χ2v) is 19.4. The molecule has 3 unspecified atom stereocenters. The van der Waals surface area contributed by atoms with Crippen LogP contribution in [0.15, 0.2) is 0 Å². The third-order valence-corrected chi connectivity index (χ3v) is 13.2. The molecule has 6 nitrogen and oxygen atoms in total. The van der Waals surface area contributed by atoms with E-state index in [2.05, 4.69) is 26.1 Å². The molecule has 0 aromatic carbocycles. The van der Waals surface area contributed by atoms with Crippen LogP contribution in [0.4, 0.5) is 0 Å². The summed E-state index contributed by atoms with van der Waals surface area (Å²) in [5.74, 6) is -0.452. The van der Waals surface area contributed by atoms with Gasteiger partial charge in [-0.05, 0) is 25.7 Å². The van der Waals surface area contributed by atoms with Crippen molar-refractivity contribution in [3.8, 4) is 0 Å². The molecule has 0 rings (SSSR count). The van der Waals surface area contributed by atoms with Gasteiger partial charge in [0.1, 0.15) is 6.10 Å². The van der Waals surface area contributed by atoms with Gasteiger partial charge in [0.2, 0.25) is 5.91 Å². The smallest absolute Gasteiger partial charge is 0.306 e. The highest BCUT2D eigenvalue weighted by Gasteiger charge is 2.24. The number of hydrogen-bond donors (Lipinski definition) is 3. The highest BCUT2D eigenvalue weighted by atomic mass is 16.5. The van der Waals surface area contributed by atoms with E-state index in [4.69, 9.17) is 4.74 Å². The Morgan fingerprint density at radius 1 is 0.410 bits per heavy atom. The van der Waals surface area contributed by atoms with Crippen molar-refractivity contribution in [1.29, 1.82) is 0 Å². The van der Waals surface area contributed by atoms with E-state index >= 15 is 0 Å². The fourth-order valence-electron chi connectivity index (χ4n) is 8.96. The lowest BCUT2D eigenvalue weighted by atomic mass is 10.0. The fourth-order valence-corrected chi connectivity index (χ4v) is 8.96. The van der Waals surface area contributed by atoms with Crippen molar-refractivity contribution in [2.75, 3.05) is 6.61 Å². The van der Waals surface area contributed by atoms with Gasteiger partial charge in [-0.1, -0.05) is 278 Å². The van der Waals surface area contributed by atoms with Crippen LogP contribution in [0.25, 0.3) is 0 Å². The first-order chi connectivity index (χ1) is 30.0. The first kappa shape index (κ1) is 59.9. The minimum Gasteiger partial charge on any atom is -0.462 e. The van der Waals surface area contributed by atoms with Crippen molar-refractivity contribution >= 4 is 11.9 Å². The van der Waals surface area contributed by atoms with Crippen molar-refractivity contribution in [1.82, 2.24) is 5.32 Å². The van der Waals surface area contributed by atoms with Crippen LogP contribution < -0.4 is 5.32 Å². The highest BCUT2D eigenvalue weighted by molar-refractivity contribution is 5.77. The molecule has 0 radical (unpaired) electrons. The molecule has 3 N–H and O–H groups in total. The molecule has 0 aliphatic carbocycles. The minimum absolute atomic E-state index is 0.0869. The standard InChI is InChI=1S/C55H109NO5/c1-4-7-10-13-16-19-21-23-25-27-29-31-33-35-38-41-44-47-53(58)52(50-57)56-54(59)49-51(46-43-40-37-18-15-12-9-6-3)61-55(60)48-45-42-39-36-34-32-30-28-26-24-22-20-17-14-11-8-5-2/h51-53,57-58H,4-50H2,1-3H3,(H,56,59). The first-order valence-electron chi connectivity index (χ1n) is 27.8. The zero-order valence-corrected chi connectivity index (χ0v) is 41.6. The number of rotatable bonds is 51. The Hall–Kier alpha value is -1.14. The van der Waals surface area contributed by atoms with Crippen LogP contribution in [0.5, 0.6) is 0 Å². The number of esters is 1. The Morgan fingerprint density at radius 2 is 0.689 bits per heavy atom. The molecule has 61 heavy (non-hydrogen) atoms. The minimum atomic E-state index is -0.779. The lowest BCUT2D eigenvalue weighted by Crippen LogP contribution is -2.46. The lowest BCUT2D eigenvalue weighted by molar-refractivity contribution is -0.151. The zero-order valence-electron chi connectivity index (χ0n) is 41.6. The van der Waals surface area contributed by atoms with Gasteiger partial charge in [-0.15, -0.1) is 0 Å². The van der Waals surface area contributed by atoms with Crippen molar-refractivity contribution in [2.24, 2.45) is 0 Å². The Labute approximate surface area is 381 Å². The number of ether oxygens (including phenoxy) is 1. The average molecular weight is 864 g/mol. The molecule has 0 heterocycles. The van der Waals surface area contributed by atoms with Crippen LogP contribution in [0, 0.1) is 0 Å². The quantitative estimate of drug-likeness (QED) is 0.0418. The van der Waals surface area contributed by atoms with Crippen molar-refractivity contribution in [2.45, 2.75) is 334 Å². The van der Waals surface area contributed by atoms with Crippen LogP contribution in [0.1, 0.15) is 316 Å². The molecule has 0 aromatic heterocycles. The molecule has 6 heteroatoms. The summed E-state index contributed by atoms with van der Waals surface area (Å²) < 4.78 is 5.93. The number of carbonyl (C=O) groups is 2. The van der Waals surface area contributed by atoms with Gasteiger partial charge in [-0.25, -0.2) is 0 Å². The lowest BCUT2D eigenvalue weighted by Gasteiger charge is -2.24. The maximum absolute atomic E-state index is 13.2. The van der Waals surface area contributed by atoms with Gasteiger partial charge in [0.05, 0.1) is 25.2 Å². The van der Waals surface area contributed by atoms with Gasteiger partial charge in [-0.2, -0.15) is 0 Å². The molecule has 3 atom stereocenters. The van der Waals surface area contributed by atoms with E-state index in [-0.39, 0.29) is 24.9 Å². The summed E-state index contributed by atoms with van der Waals surface area (Å²) in [5.41, 5.74) is 0. The first-order valence-corrected chi connectivity index (χ1v) is 27.8. The molecule has 364 valence electrons. The predicted molar refractivity (Wildman–Crippen MR) is 264 cm³/mol. The maximum atomic E-state index is 13.2. The molecule has 0 fully saturated rings. The summed E-state index contributed by atoms with van der Waals surface area (Å²) in [5, 5.41) is 23.8. The molecular formula is C55H109NO5. The average Bonchev–Trinajstić information content (AvgIpc) is 3.25. The van der Waals surface area contributed by atoms with E-state index in [1.807, 2.05) is 0 Å². The van der Waals surface area contributed by atoms with E-state index in [9.17, 15) is 19.8 Å². The van der Waals surface area contributed by atoms with Crippen molar-refractivity contribution in [3.63, 3.8) is 0 Å². The molecule has 0 saturated heterocycles. The Bertz CT molecular complexity index is 882. The zero-order chi connectivity index (χ0) is 44.5. The Balaban J connectivity index is 4.29. The third-order valence-electron chi connectivity index (χ3n) is 13.2. The summed E-state index contributed by atoms with van der Waals surface area (Å²) in [6.07, 6.45) is 54.6. The number of nitrogens with one attached hydrogen (secondary N) is 1. The van der Waals surface area contributed by atoms with Crippen molar-refractivity contribution < 1.29 is 24.5 Å². The SMILES string of the molecule is CCCCCCCCCCCCCCCCCCCC(=O)OC(CCCCCCCCCC)CC(=O)NC(CO)C(O)CCCCCCCCCCCCCCCCCCC. The third kappa shape index (κ3) is 45.2. The normalized spacial score (nSPS) is 13.1. The van der Waals surface area contributed by atoms with Crippen LogP contribution in [-0.4, -0.2) is 46.9 Å². The molecule has 0 bridgehead atoms. The van der Waals surface area contributed by atoms with E-state index in [1.54, 1.807) is 0 Å². The van der Waals surface area contributed by atoms with Gasteiger partial charge in [0.25, 0.3) is 0 Å². The molecule has 0 aliphatic rings. The molecule has 0 saturated carbocycles. The van der Waals surface area contributed by atoms with Crippen LogP contribution in [-0.2, 0) is 14.3 Å². The summed E-state index contributed by atoms with van der Waals surface area (Å²) in [6, 6.07) is -0.692. The number of hydrogen-bond acceptors (Lipinski definition) is 5. The van der Waals surface area contributed by atoms with E-state index in [0.29, 0.717) is 19.3 Å². The van der Waals surface area contributed by atoms with Crippen LogP contribution in [0.2, 0.25) is 0 Å². The summed E-state index contributed by atoms with van der Waals surface area (Å²) >= 11 is 0. The summed E-state index contributed by atoms with van der Waals surface area (Å²) in [6.45, 7) is 6.51. The largest absolute Gasteiger partial charge is 0.462 e. The second kappa shape index (κ2) is 49.9. The second-order valence-electron chi connectivity index (χ2n) is 19.4. The summed E-state index contributed by atoms with van der Waals surface area (Å²) in [4.78, 5) is 26.1. The Morgan fingerprint density at radius 3 is 1.00 bits per heavy atom. The van der Waals surface area contributed by atoms with E-state index < -0.39 is 18.2 Å². The molecule has 0 aliphatic heterocycles. The summed E-state index contributed by atoms with van der Waals surface area (Å²) in [7, 11) is 0. The van der Waals surface area contributed by atoms with Gasteiger partial charge < -0.3 is 20.3 Å². The fraction of sp³-hybridized carbons (Fsp3) is 0.964. The van der Waals surface area contributed by atoms with Gasteiger partial charge in [-0.3, -0.25) is 9.59 Å². The number of unbranched alkanes of at least 4 members (excludes halogenated alkanes) is 39. The number of carbonyl (C=O) groups excluding carboxylic acids is 2. The Kier molecular flexibility index (Phi) is 48.9. The number of aliphatic hydroxyl groups is 2. The topological polar surface area (TPSA) is 95.9 Å². The maximum Gasteiger partial charge on any atom is 0.306 e. The van der Waals surface area contributed by atoms with Gasteiger partial charge in [0.15, 0.2) is 0 Å². The van der Waals surface area contributed by atoms with Crippen LogP contribution >= 0.6 is 0 Å². The monoisotopic (exact) mass is 864 g/mol. The molecule has 1 amide bonds. The van der Waals surface area contributed by atoms with E-state index in [1.165, 1.54) is 231 Å².